The van der Waals surface area contributed by atoms with Crippen LogP contribution in [-0.2, 0) is 6.18 Å². The number of hydrogen-bond acceptors (Lipinski definition) is 5. The molecule has 1 aliphatic carbocycles. The van der Waals surface area contributed by atoms with Crippen LogP contribution in [0.25, 0.3) is 29.0 Å². The third-order valence-electron chi connectivity index (χ3n) is 6.41. The van der Waals surface area contributed by atoms with E-state index in [1.54, 1.807) is 25.3 Å². The monoisotopic (exact) mass is 538 g/mol. The third kappa shape index (κ3) is 5.04. The Bertz CT molecular complexity index is 1550. The first-order valence-corrected chi connectivity index (χ1v) is 12.3. The second-order valence-corrected chi connectivity index (χ2v) is 9.28. The molecule has 194 valence electrons. The highest BCUT2D eigenvalue weighted by Gasteiger charge is 2.34. The van der Waals surface area contributed by atoms with Crippen LogP contribution in [0, 0.1) is 11.3 Å². The van der Waals surface area contributed by atoms with Crippen molar-refractivity contribution in [2.24, 2.45) is 0 Å². The van der Waals surface area contributed by atoms with Crippen molar-refractivity contribution in [3.63, 3.8) is 0 Å². The Morgan fingerprint density at radius 2 is 1.92 bits per heavy atom. The molecular formula is C28H22ClF3N4O2. The zero-order chi connectivity index (χ0) is 26.9. The predicted octanol–water partition coefficient (Wildman–Crippen LogP) is 7.46. The smallest absolute Gasteiger partial charge is 0.417 e. The highest BCUT2D eigenvalue weighted by Crippen LogP contribution is 2.39. The Morgan fingerprint density at radius 3 is 2.58 bits per heavy atom. The molecule has 38 heavy (non-hydrogen) atoms. The number of nitrogens with zero attached hydrogens (tertiary/aromatic N) is 4. The van der Waals surface area contributed by atoms with Gasteiger partial charge in [-0.1, -0.05) is 23.7 Å². The molecule has 0 radical (unpaired) electrons. The molecule has 0 N–H and O–H groups in total. The molecule has 6 nitrogen and oxygen atoms in total. The van der Waals surface area contributed by atoms with Crippen molar-refractivity contribution in [2.75, 3.05) is 7.11 Å². The number of methoxy groups -OCH3 is 1. The molecule has 10 heteroatoms. The fourth-order valence-corrected chi connectivity index (χ4v) is 4.82. The van der Waals surface area contributed by atoms with Gasteiger partial charge in [-0.3, -0.25) is 4.57 Å². The van der Waals surface area contributed by atoms with Crippen molar-refractivity contribution in [3.05, 3.63) is 76.2 Å². The summed E-state index contributed by atoms with van der Waals surface area (Å²) in [4.78, 5) is 8.85. The Balaban J connectivity index is 1.65. The van der Waals surface area contributed by atoms with Crippen LogP contribution < -0.4 is 9.47 Å². The predicted molar refractivity (Wildman–Crippen MR) is 138 cm³/mol. The van der Waals surface area contributed by atoms with Crippen molar-refractivity contribution >= 4 is 34.8 Å². The van der Waals surface area contributed by atoms with Gasteiger partial charge in [-0.25, -0.2) is 9.97 Å². The number of aromatic nitrogens is 3. The second kappa shape index (κ2) is 10.4. The lowest BCUT2D eigenvalue weighted by Crippen LogP contribution is -2.12. The van der Waals surface area contributed by atoms with Gasteiger partial charge in [-0.05, 0) is 68.2 Å². The van der Waals surface area contributed by atoms with E-state index in [-0.39, 0.29) is 17.1 Å². The van der Waals surface area contributed by atoms with Gasteiger partial charge in [0.05, 0.1) is 40.4 Å². The van der Waals surface area contributed by atoms with E-state index in [9.17, 15) is 13.2 Å². The van der Waals surface area contributed by atoms with Crippen LogP contribution >= 0.6 is 11.6 Å². The summed E-state index contributed by atoms with van der Waals surface area (Å²) in [6, 6.07) is 12.8. The van der Waals surface area contributed by atoms with E-state index in [1.807, 2.05) is 24.3 Å². The van der Waals surface area contributed by atoms with Gasteiger partial charge in [0.2, 0.25) is 0 Å². The lowest BCUT2D eigenvalue weighted by atomic mass is 10.1. The summed E-state index contributed by atoms with van der Waals surface area (Å²) < 4.78 is 54.3. The number of alkyl halides is 3. The molecule has 0 aliphatic heterocycles. The van der Waals surface area contributed by atoms with E-state index >= 15 is 0 Å². The van der Waals surface area contributed by atoms with Crippen molar-refractivity contribution in [1.29, 1.82) is 5.26 Å². The van der Waals surface area contributed by atoms with Crippen molar-refractivity contribution in [2.45, 2.75) is 38.0 Å². The van der Waals surface area contributed by atoms with E-state index in [1.165, 1.54) is 22.9 Å². The van der Waals surface area contributed by atoms with Crippen LogP contribution in [0.2, 0.25) is 5.02 Å². The highest BCUT2D eigenvalue weighted by atomic mass is 35.5. The Morgan fingerprint density at radius 1 is 1.13 bits per heavy atom. The largest absolute Gasteiger partial charge is 0.493 e. The maximum absolute atomic E-state index is 13.7. The first-order valence-electron chi connectivity index (χ1n) is 12.0. The quantitative estimate of drug-likeness (QED) is 0.255. The van der Waals surface area contributed by atoms with Gasteiger partial charge in [-0.2, -0.15) is 18.4 Å². The van der Waals surface area contributed by atoms with Crippen LogP contribution in [0.15, 0.2) is 48.7 Å². The minimum atomic E-state index is -4.65. The number of hydrogen-bond donors (Lipinski definition) is 0. The van der Waals surface area contributed by atoms with Gasteiger partial charge in [0, 0.05) is 11.8 Å². The van der Waals surface area contributed by atoms with Crippen LogP contribution in [0.1, 0.15) is 48.2 Å². The van der Waals surface area contributed by atoms with Crippen molar-refractivity contribution in [1.82, 2.24) is 14.5 Å². The molecule has 2 aromatic carbocycles. The van der Waals surface area contributed by atoms with E-state index in [2.05, 4.69) is 9.97 Å². The highest BCUT2D eigenvalue weighted by molar-refractivity contribution is 6.32. The first kappa shape index (κ1) is 25.6. The van der Waals surface area contributed by atoms with Crippen LogP contribution in [0.4, 0.5) is 13.2 Å². The first-order chi connectivity index (χ1) is 18.3. The topological polar surface area (TPSA) is 73.0 Å². The SMILES string of the molecule is COc1cccc(C=Cc2nc3cc(Cl)c(C(F)(F)F)cc3n2-c2ccc(C#N)cn2)c1OC1CCCC1. The van der Waals surface area contributed by atoms with E-state index in [4.69, 9.17) is 26.3 Å². The number of imidazole rings is 1. The maximum atomic E-state index is 13.7. The number of halogens is 4. The molecule has 0 atom stereocenters. The lowest BCUT2D eigenvalue weighted by Gasteiger charge is -2.18. The summed E-state index contributed by atoms with van der Waals surface area (Å²) >= 11 is 5.97. The zero-order valence-corrected chi connectivity index (χ0v) is 21.1. The number of ether oxygens (including phenoxy) is 2. The van der Waals surface area contributed by atoms with Gasteiger partial charge in [0.1, 0.15) is 17.7 Å². The Labute approximate surface area is 221 Å². The average molecular weight is 539 g/mol. The second-order valence-electron chi connectivity index (χ2n) is 8.88. The Kier molecular flexibility index (Phi) is 7.00. The molecule has 2 heterocycles. The fourth-order valence-electron chi connectivity index (χ4n) is 4.56. The summed E-state index contributed by atoms with van der Waals surface area (Å²) in [6.45, 7) is 0. The molecule has 2 aromatic heterocycles. The van der Waals surface area contributed by atoms with Crippen molar-refractivity contribution in [3.8, 4) is 23.4 Å². The molecule has 1 aliphatic rings. The third-order valence-corrected chi connectivity index (χ3v) is 6.72. The average Bonchev–Trinajstić information content (AvgIpc) is 3.54. The minimum absolute atomic E-state index is 0.0915. The summed E-state index contributed by atoms with van der Waals surface area (Å²) in [7, 11) is 1.57. The fraction of sp³-hybridized carbons (Fsp3) is 0.250. The van der Waals surface area contributed by atoms with Crippen LogP contribution in [0.5, 0.6) is 11.5 Å². The van der Waals surface area contributed by atoms with E-state index < -0.39 is 16.8 Å². The number of benzene rings is 2. The van der Waals surface area contributed by atoms with E-state index in [0.717, 1.165) is 37.3 Å². The molecule has 1 fully saturated rings. The molecule has 0 bridgehead atoms. The summed E-state index contributed by atoms with van der Waals surface area (Å²) in [5.41, 5.74) is 0.515. The molecule has 0 amide bonds. The van der Waals surface area contributed by atoms with Gasteiger partial charge < -0.3 is 9.47 Å². The summed E-state index contributed by atoms with van der Waals surface area (Å²) in [5.74, 6) is 1.81. The molecule has 5 rings (SSSR count). The normalized spacial score (nSPS) is 14.3. The van der Waals surface area contributed by atoms with Crippen LogP contribution in [0.3, 0.4) is 0 Å². The Hall–Kier alpha value is -4.03. The standard InChI is InChI=1S/C28H22ClF3N4O2/c1-37-24-8-4-5-18(27(24)38-19-6-2-3-7-19)10-12-26-35-22-14-21(29)20(28(30,31)32)13-23(22)36(26)25-11-9-17(15-33)16-34-25/h4-5,8-14,16,19H,2-3,6-7H2,1H3. The minimum Gasteiger partial charge on any atom is -0.493 e. The van der Waals surface area contributed by atoms with Crippen LogP contribution in [-0.4, -0.2) is 27.7 Å². The molecule has 0 saturated heterocycles. The number of para-hydroxylation sites is 1. The number of fused-ring (bicyclic) bond motifs is 1. The van der Waals surface area contributed by atoms with E-state index in [0.29, 0.717) is 28.7 Å². The number of nitriles is 1. The van der Waals surface area contributed by atoms with Crippen molar-refractivity contribution < 1.29 is 22.6 Å². The molecule has 4 aromatic rings. The van der Waals surface area contributed by atoms with Gasteiger partial charge >= 0.3 is 6.18 Å². The maximum Gasteiger partial charge on any atom is 0.417 e. The lowest BCUT2D eigenvalue weighted by molar-refractivity contribution is -0.137. The number of rotatable bonds is 6. The molecule has 1 saturated carbocycles. The molecule has 0 unspecified atom stereocenters. The van der Waals surface area contributed by atoms with Gasteiger partial charge in [-0.15, -0.1) is 0 Å². The molecule has 0 spiro atoms. The molecular weight excluding hydrogens is 517 g/mol. The van der Waals surface area contributed by atoms with Gasteiger partial charge in [0.15, 0.2) is 11.5 Å². The van der Waals surface area contributed by atoms with Gasteiger partial charge in [0.25, 0.3) is 0 Å². The summed E-state index contributed by atoms with van der Waals surface area (Å²) in [5, 5.41) is 8.69. The zero-order valence-electron chi connectivity index (χ0n) is 20.3. The summed E-state index contributed by atoms with van der Waals surface area (Å²) in [6.07, 6.45) is 4.38. The number of pyridine rings is 1.